The van der Waals surface area contributed by atoms with Crippen LogP contribution >= 0.6 is 0 Å². The molecule has 52 heavy (non-hydrogen) atoms. The second-order valence-corrected chi connectivity index (χ2v) is 14.1. The maximum Gasteiger partial charge on any atom is 0.0754 e. The summed E-state index contributed by atoms with van der Waals surface area (Å²) >= 11 is 0. The van der Waals surface area contributed by atoms with Gasteiger partial charge in [-0.25, -0.2) is 0 Å². The summed E-state index contributed by atoms with van der Waals surface area (Å²) in [6.07, 6.45) is 4.54. The first-order valence-corrected chi connectivity index (χ1v) is 18.2. The fourth-order valence-corrected chi connectivity index (χ4v) is 9.43. The lowest BCUT2D eigenvalue weighted by Crippen LogP contribution is -2.33. The number of aromatic nitrogens is 1. The molecular formula is C49H35N3. The molecule has 3 heteroatoms. The van der Waals surface area contributed by atoms with Gasteiger partial charge < -0.3 is 15.2 Å². The van der Waals surface area contributed by atoms with Crippen LogP contribution in [0.2, 0.25) is 0 Å². The van der Waals surface area contributed by atoms with Crippen LogP contribution in [0.4, 0.5) is 0 Å². The van der Waals surface area contributed by atoms with Crippen molar-refractivity contribution in [2.45, 2.75) is 11.5 Å². The maximum absolute atomic E-state index is 3.94. The highest BCUT2D eigenvalue weighted by atomic mass is 15.0. The van der Waals surface area contributed by atoms with Crippen molar-refractivity contribution in [2.24, 2.45) is 0 Å². The van der Waals surface area contributed by atoms with E-state index in [1.165, 1.54) is 77.6 Å². The van der Waals surface area contributed by atoms with Crippen LogP contribution in [-0.2, 0) is 5.41 Å². The molecule has 0 fully saturated rings. The lowest BCUT2D eigenvalue weighted by molar-refractivity contribution is 0.673. The zero-order chi connectivity index (χ0) is 34.2. The highest BCUT2D eigenvalue weighted by Gasteiger charge is 2.51. The summed E-state index contributed by atoms with van der Waals surface area (Å²) in [4.78, 5) is 0. The Balaban J connectivity index is 1.17. The molecule has 0 bridgehead atoms. The number of hydrogen-bond donors (Lipinski definition) is 2. The average molecular weight is 666 g/mol. The molecule has 7 aromatic carbocycles. The Morgan fingerprint density at radius 2 is 1.19 bits per heavy atom. The molecule has 11 rings (SSSR count). The molecule has 3 heterocycles. The number of para-hydroxylation sites is 3. The van der Waals surface area contributed by atoms with E-state index in [2.05, 4.69) is 197 Å². The van der Waals surface area contributed by atoms with Crippen molar-refractivity contribution in [3.8, 4) is 16.8 Å². The topological polar surface area (TPSA) is 29.0 Å². The van der Waals surface area contributed by atoms with Crippen molar-refractivity contribution in [2.75, 3.05) is 6.54 Å². The van der Waals surface area contributed by atoms with E-state index in [1.54, 1.807) is 0 Å². The minimum absolute atomic E-state index is 0.0349. The zero-order valence-electron chi connectivity index (χ0n) is 28.6. The van der Waals surface area contributed by atoms with Crippen molar-refractivity contribution in [1.29, 1.82) is 0 Å². The molecule has 2 aliphatic heterocycles. The van der Waals surface area contributed by atoms with Crippen molar-refractivity contribution in [3.63, 3.8) is 0 Å². The van der Waals surface area contributed by atoms with E-state index in [4.69, 9.17) is 0 Å². The molecule has 2 unspecified atom stereocenters. The average Bonchev–Trinajstić information content (AvgIpc) is 3.70. The Hall–Kier alpha value is -6.42. The number of hydrogen-bond acceptors (Lipinski definition) is 2. The van der Waals surface area contributed by atoms with Gasteiger partial charge in [-0.15, -0.1) is 0 Å². The quantitative estimate of drug-likeness (QED) is 0.197. The largest absolute Gasteiger partial charge is 0.361 e. The minimum Gasteiger partial charge on any atom is -0.361 e. The normalized spacial score (nSPS) is 20.5. The highest BCUT2D eigenvalue weighted by Crippen LogP contribution is 2.61. The van der Waals surface area contributed by atoms with Gasteiger partial charge in [0, 0.05) is 29.2 Å². The number of nitrogens with one attached hydrogen (secondary N) is 2. The summed E-state index contributed by atoms with van der Waals surface area (Å²) in [6, 6.07) is 62.4. The summed E-state index contributed by atoms with van der Waals surface area (Å²) in [5.74, 6) is 0. The van der Waals surface area contributed by atoms with Crippen molar-refractivity contribution in [3.05, 3.63) is 221 Å². The molecule has 0 saturated carbocycles. The highest BCUT2D eigenvalue weighted by molar-refractivity contribution is 6.13. The van der Waals surface area contributed by atoms with Gasteiger partial charge in [-0.1, -0.05) is 158 Å². The Morgan fingerprint density at radius 3 is 2.08 bits per heavy atom. The van der Waals surface area contributed by atoms with E-state index < -0.39 is 5.41 Å². The van der Waals surface area contributed by atoms with Crippen LogP contribution in [-0.4, -0.2) is 11.1 Å². The Kier molecular flexibility index (Phi) is 6.37. The predicted octanol–water partition coefficient (Wildman–Crippen LogP) is 10.8. The summed E-state index contributed by atoms with van der Waals surface area (Å²) in [6.45, 7) is 0.706. The molecule has 0 saturated heterocycles. The van der Waals surface area contributed by atoms with Gasteiger partial charge in [0.25, 0.3) is 0 Å². The molecule has 246 valence electrons. The Bertz CT molecular complexity index is 2770. The first kappa shape index (κ1) is 29.3. The first-order valence-electron chi connectivity index (χ1n) is 18.2. The van der Waals surface area contributed by atoms with Crippen LogP contribution in [0.1, 0.15) is 45.0 Å². The van der Waals surface area contributed by atoms with Gasteiger partial charge in [-0.2, -0.15) is 0 Å². The summed E-state index contributed by atoms with van der Waals surface area (Å²) in [7, 11) is 0. The number of rotatable bonds is 3. The van der Waals surface area contributed by atoms with Crippen molar-refractivity contribution >= 4 is 33.1 Å². The van der Waals surface area contributed by atoms with Gasteiger partial charge in [0.05, 0.1) is 28.2 Å². The van der Waals surface area contributed by atoms with E-state index in [0.29, 0.717) is 6.54 Å². The standard InChI is InChI=1S/C49H35N3/c1-3-15-32(16-4-1)43-29-44(33-17-5-2-6-18-33)51-31-34(30-50-43)35-21-13-25-41-47(35)38-20-7-9-23-39(38)49(41)40-24-10-12-28-46(40)52-45-27-11-8-19-36(45)37-22-14-26-42(49)48(37)52/h1-30,44,50-51H,31H2/b34-30+,43-29-. The Labute approximate surface area is 303 Å². The maximum atomic E-state index is 3.94. The van der Waals surface area contributed by atoms with Gasteiger partial charge >= 0.3 is 0 Å². The third kappa shape index (κ3) is 4.00. The molecule has 3 aliphatic rings. The molecule has 0 radical (unpaired) electrons. The molecule has 3 nitrogen and oxygen atoms in total. The molecular weight excluding hydrogens is 631 g/mol. The van der Waals surface area contributed by atoms with Crippen LogP contribution < -0.4 is 10.6 Å². The smallest absolute Gasteiger partial charge is 0.0754 e. The second-order valence-electron chi connectivity index (χ2n) is 14.1. The fourth-order valence-electron chi connectivity index (χ4n) is 9.43. The molecule has 1 spiro atoms. The van der Waals surface area contributed by atoms with Gasteiger partial charge in [0.15, 0.2) is 0 Å². The summed E-state index contributed by atoms with van der Waals surface area (Å²) < 4.78 is 2.51. The lowest BCUT2D eigenvalue weighted by Gasteiger charge is -2.39. The SMILES string of the molecule is C1=C(/c2ccccc2)N/C=C(/c2cccc3c2-c2ccccc2C32c3ccccc3-n3c4ccccc4c4cccc2c43)CNC/1c1ccccc1. The van der Waals surface area contributed by atoms with Gasteiger partial charge in [-0.05, 0) is 73.9 Å². The van der Waals surface area contributed by atoms with Crippen molar-refractivity contribution < 1.29 is 0 Å². The third-order valence-corrected chi connectivity index (χ3v) is 11.6. The number of fused-ring (bicyclic) bond motifs is 12. The molecule has 1 aliphatic carbocycles. The first-order chi connectivity index (χ1) is 25.8. The molecule has 1 aromatic heterocycles. The molecule has 0 amide bonds. The third-order valence-electron chi connectivity index (χ3n) is 11.6. The second kappa shape index (κ2) is 11.3. The van der Waals surface area contributed by atoms with Crippen LogP contribution in [0.5, 0.6) is 0 Å². The van der Waals surface area contributed by atoms with Crippen LogP contribution in [0, 0.1) is 0 Å². The fraction of sp³-hybridized carbons (Fsp3) is 0.0612. The van der Waals surface area contributed by atoms with Crippen LogP contribution in [0.3, 0.4) is 0 Å². The number of nitrogens with zero attached hydrogens (tertiary/aromatic N) is 1. The van der Waals surface area contributed by atoms with Gasteiger partial charge in [0.2, 0.25) is 0 Å². The Morgan fingerprint density at radius 1 is 0.538 bits per heavy atom. The van der Waals surface area contributed by atoms with E-state index in [1.807, 2.05) is 0 Å². The van der Waals surface area contributed by atoms with E-state index in [0.717, 1.165) is 11.3 Å². The number of benzene rings is 7. The summed E-state index contributed by atoms with van der Waals surface area (Å²) in [5, 5.41) is 10.3. The van der Waals surface area contributed by atoms with E-state index in [9.17, 15) is 0 Å². The van der Waals surface area contributed by atoms with Gasteiger partial charge in [-0.3, -0.25) is 0 Å². The monoisotopic (exact) mass is 665 g/mol. The van der Waals surface area contributed by atoms with Gasteiger partial charge in [0.1, 0.15) is 0 Å². The zero-order valence-corrected chi connectivity index (χ0v) is 28.6. The summed E-state index contributed by atoms with van der Waals surface area (Å²) in [5.41, 5.74) is 17.2. The molecule has 2 N–H and O–H groups in total. The predicted molar refractivity (Wildman–Crippen MR) is 214 cm³/mol. The molecule has 8 aromatic rings. The van der Waals surface area contributed by atoms with Crippen LogP contribution in [0.25, 0.3) is 49.9 Å². The van der Waals surface area contributed by atoms with E-state index >= 15 is 0 Å². The molecule has 2 atom stereocenters. The van der Waals surface area contributed by atoms with Crippen molar-refractivity contribution in [1.82, 2.24) is 15.2 Å². The minimum atomic E-state index is -0.479. The van der Waals surface area contributed by atoms with Crippen LogP contribution in [0.15, 0.2) is 182 Å². The lowest BCUT2D eigenvalue weighted by atomic mass is 9.65. The van der Waals surface area contributed by atoms with E-state index in [-0.39, 0.29) is 6.04 Å².